The highest BCUT2D eigenvalue weighted by atomic mass is 35.5. The van der Waals surface area contributed by atoms with Crippen LogP contribution < -0.4 is 10.1 Å². The molecule has 2 N–H and O–H groups in total. The molecule has 120 valence electrons. The Morgan fingerprint density at radius 2 is 2.17 bits per heavy atom. The first kappa shape index (κ1) is 14.8. The van der Waals surface area contributed by atoms with Crippen LogP contribution in [0.3, 0.4) is 0 Å². The molecule has 5 nitrogen and oxygen atoms in total. The van der Waals surface area contributed by atoms with Gasteiger partial charge in [-0.25, -0.2) is 4.98 Å². The largest absolute Gasteiger partial charge is 0.488 e. The number of fused-ring (bicyclic) bond motifs is 2. The number of aromatic amines is 1. The average molecular weight is 340 g/mol. The first-order valence-electron chi connectivity index (χ1n) is 7.54. The van der Waals surface area contributed by atoms with Gasteiger partial charge >= 0.3 is 0 Å². The SMILES string of the molecule is O=C(NCc1nc2ccccc2[nH]1)C1=Cc2cc(Cl)ccc2OC1. The monoisotopic (exact) mass is 339 g/mol. The van der Waals surface area contributed by atoms with Gasteiger partial charge in [0.2, 0.25) is 0 Å². The van der Waals surface area contributed by atoms with E-state index in [2.05, 4.69) is 15.3 Å². The number of hydrogen-bond donors (Lipinski definition) is 2. The van der Waals surface area contributed by atoms with Crippen molar-refractivity contribution in [2.75, 3.05) is 6.61 Å². The zero-order valence-electron chi connectivity index (χ0n) is 12.7. The van der Waals surface area contributed by atoms with E-state index >= 15 is 0 Å². The molecule has 1 aromatic heterocycles. The van der Waals surface area contributed by atoms with Gasteiger partial charge in [-0.1, -0.05) is 23.7 Å². The molecule has 2 aromatic carbocycles. The first-order valence-corrected chi connectivity index (χ1v) is 7.91. The summed E-state index contributed by atoms with van der Waals surface area (Å²) in [7, 11) is 0. The Labute approximate surface area is 143 Å². The number of carbonyl (C=O) groups is 1. The molecule has 1 amide bonds. The number of ether oxygens (including phenoxy) is 1. The van der Waals surface area contributed by atoms with Gasteiger partial charge in [0.1, 0.15) is 18.2 Å². The topological polar surface area (TPSA) is 67.0 Å². The van der Waals surface area contributed by atoms with Crippen LogP contribution >= 0.6 is 11.6 Å². The van der Waals surface area contributed by atoms with Crippen molar-refractivity contribution >= 4 is 34.6 Å². The molecular weight excluding hydrogens is 326 g/mol. The van der Waals surface area contributed by atoms with E-state index in [1.54, 1.807) is 24.3 Å². The maximum absolute atomic E-state index is 12.3. The molecule has 4 rings (SSSR count). The molecule has 0 aliphatic carbocycles. The Hall–Kier alpha value is -2.79. The summed E-state index contributed by atoms with van der Waals surface area (Å²) in [5, 5.41) is 3.47. The van der Waals surface area contributed by atoms with Crippen LogP contribution in [0.15, 0.2) is 48.0 Å². The van der Waals surface area contributed by atoms with E-state index in [4.69, 9.17) is 16.3 Å². The fourth-order valence-corrected chi connectivity index (χ4v) is 2.83. The summed E-state index contributed by atoms with van der Waals surface area (Å²) in [5.74, 6) is 1.26. The molecule has 0 saturated carbocycles. The van der Waals surface area contributed by atoms with Crippen molar-refractivity contribution in [2.24, 2.45) is 0 Å². The number of imidazole rings is 1. The second-order valence-corrected chi connectivity index (χ2v) is 5.96. The van der Waals surface area contributed by atoms with Crippen molar-refractivity contribution in [2.45, 2.75) is 6.54 Å². The third-order valence-corrected chi connectivity index (χ3v) is 4.07. The minimum absolute atomic E-state index is 0.180. The molecule has 0 spiro atoms. The van der Waals surface area contributed by atoms with Crippen molar-refractivity contribution in [3.63, 3.8) is 0 Å². The van der Waals surface area contributed by atoms with Gasteiger partial charge in [0.15, 0.2) is 0 Å². The van der Waals surface area contributed by atoms with Crippen LogP contribution in [0.4, 0.5) is 0 Å². The second-order valence-electron chi connectivity index (χ2n) is 5.52. The highest BCUT2D eigenvalue weighted by Crippen LogP contribution is 2.28. The summed E-state index contributed by atoms with van der Waals surface area (Å²) >= 11 is 5.99. The van der Waals surface area contributed by atoms with Gasteiger partial charge in [-0.3, -0.25) is 4.79 Å². The molecule has 0 unspecified atom stereocenters. The van der Waals surface area contributed by atoms with Gasteiger partial charge in [-0.2, -0.15) is 0 Å². The van der Waals surface area contributed by atoms with Gasteiger partial charge in [0.05, 0.1) is 23.2 Å². The number of carbonyl (C=O) groups excluding carboxylic acids is 1. The molecule has 0 radical (unpaired) electrons. The minimum Gasteiger partial charge on any atom is -0.488 e. The fourth-order valence-electron chi connectivity index (χ4n) is 2.65. The maximum atomic E-state index is 12.3. The number of benzene rings is 2. The van der Waals surface area contributed by atoms with E-state index in [1.165, 1.54) is 0 Å². The third kappa shape index (κ3) is 2.86. The van der Waals surface area contributed by atoms with Crippen LogP contribution in [0.2, 0.25) is 5.02 Å². The summed E-state index contributed by atoms with van der Waals surface area (Å²) in [6, 6.07) is 13.1. The lowest BCUT2D eigenvalue weighted by Crippen LogP contribution is -2.28. The Bertz CT molecular complexity index is 929. The Kier molecular flexibility index (Phi) is 3.70. The Balaban J connectivity index is 1.48. The van der Waals surface area contributed by atoms with Crippen LogP contribution in [-0.4, -0.2) is 22.5 Å². The average Bonchev–Trinajstić information content (AvgIpc) is 3.02. The summed E-state index contributed by atoms with van der Waals surface area (Å²) in [6.07, 6.45) is 1.80. The van der Waals surface area contributed by atoms with Crippen LogP contribution in [0.1, 0.15) is 11.4 Å². The number of halogens is 1. The number of H-pyrrole nitrogens is 1. The molecule has 0 atom stereocenters. The lowest BCUT2D eigenvalue weighted by Gasteiger charge is -2.17. The number of nitrogens with one attached hydrogen (secondary N) is 2. The van der Waals surface area contributed by atoms with Gasteiger partial charge in [-0.05, 0) is 36.4 Å². The van der Waals surface area contributed by atoms with Crippen molar-refractivity contribution < 1.29 is 9.53 Å². The maximum Gasteiger partial charge on any atom is 0.251 e. The third-order valence-electron chi connectivity index (χ3n) is 3.83. The van der Waals surface area contributed by atoms with E-state index in [1.807, 2.05) is 24.3 Å². The lowest BCUT2D eigenvalue weighted by atomic mass is 10.1. The lowest BCUT2D eigenvalue weighted by molar-refractivity contribution is -0.118. The molecule has 3 aromatic rings. The molecule has 0 saturated heterocycles. The fraction of sp³-hybridized carbons (Fsp3) is 0.111. The quantitative estimate of drug-likeness (QED) is 0.769. The van der Waals surface area contributed by atoms with E-state index in [0.29, 0.717) is 23.0 Å². The normalized spacial score (nSPS) is 13.1. The smallest absolute Gasteiger partial charge is 0.251 e. The molecule has 2 heterocycles. The van der Waals surface area contributed by atoms with Gasteiger partial charge in [0, 0.05) is 10.6 Å². The summed E-state index contributed by atoms with van der Waals surface area (Å²) in [6.45, 7) is 0.563. The number of aromatic nitrogens is 2. The van der Waals surface area contributed by atoms with Crippen LogP contribution in [-0.2, 0) is 11.3 Å². The molecule has 0 fully saturated rings. The Morgan fingerprint density at radius 1 is 1.29 bits per heavy atom. The van der Waals surface area contributed by atoms with E-state index < -0.39 is 0 Å². The van der Waals surface area contributed by atoms with Gasteiger partial charge in [0.25, 0.3) is 5.91 Å². The van der Waals surface area contributed by atoms with Gasteiger partial charge < -0.3 is 15.0 Å². The highest BCUT2D eigenvalue weighted by Gasteiger charge is 2.17. The van der Waals surface area contributed by atoms with Crippen molar-refractivity contribution in [3.8, 4) is 5.75 Å². The number of rotatable bonds is 3. The van der Waals surface area contributed by atoms with Gasteiger partial charge in [-0.15, -0.1) is 0 Å². The Morgan fingerprint density at radius 3 is 3.04 bits per heavy atom. The number of para-hydroxylation sites is 2. The van der Waals surface area contributed by atoms with Crippen molar-refractivity contribution in [1.29, 1.82) is 0 Å². The van der Waals surface area contributed by atoms with E-state index in [-0.39, 0.29) is 12.5 Å². The molecular formula is C18H14ClN3O2. The molecule has 6 heteroatoms. The molecule has 1 aliphatic rings. The summed E-state index contributed by atoms with van der Waals surface area (Å²) in [4.78, 5) is 20.0. The highest BCUT2D eigenvalue weighted by molar-refractivity contribution is 6.30. The zero-order chi connectivity index (χ0) is 16.5. The summed E-state index contributed by atoms with van der Waals surface area (Å²) < 4.78 is 5.60. The van der Waals surface area contributed by atoms with Crippen LogP contribution in [0.25, 0.3) is 17.1 Å². The predicted molar refractivity (Wildman–Crippen MR) is 92.9 cm³/mol. The van der Waals surface area contributed by atoms with Crippen molar-refractivity contribution in [1.82, 2.24) is 15.3 Å². The van der Waals surface area contributed by atoms with Crippen LogP contribution in [0, 0.1) is 0 Å². The number of hydrogen-bond acceptors (Lipinski definition) is 3. The predicted octanol–water partition coefficient (Wildman–Crippen LogP) is 3.31. The molecule has 0 bridgehead atoms. The van der Waals surface area contributed by atoms with E-state index in [0.717, 1.165) is 22.3 Å². The zero-order valence-corrected chi connectivity index (χ0v) is 13.4. The van der Waals surface area contributed by atoms with E-state index in [9.17, 15) is 4.79 Å². The molecule has 1 aliphatic heterocycles. The number of amides is 1. The molecule has 24 heavy (non-hydrogen) atoms. The minimum atomic E-state index is -0.180. The van der Waals surface area contributed by atoms with Crippen molar-refractivity contribution in [3.05, 3.63) is 64.4 Å². The number of nitrogens with zero attached hydrogens (tertiary/aromatic N) is 1. The second kappa shape index (κ2) is 6.02. The summed E-state index contributed by atoms with van der Waals surface area (Å²) in [5.41, 5.74) is 3.19. The van der Waals surface area contributed by atoms with Crippen LogP contribution in [0.5, 0.6) is 5.75 Å². The first-order chi connectivity index (χ1) is 11.7. The standard InChI is InChI=1S/C18H14ClN3O2/c19-13-5-6-16-11(8-13)7-12(10-24-16)18(23)20-9-17-21-14-3-1-2-4-15(14)22-17/h1-8H,9-10H2,(H,20,23)(H,21,22).